The van der Waals surface area contributed by atoms with Gasteiger partial charge in [-0.15, -0.1) is 0 Å². The molecule has 20 heavy (non-hydrogen) atoms. The van der Waals surface area contributed by atoms with E-state index in [0.717, 1.165) is 28.3 Å². The van der Waals surface area contributed by atoms with Crippen LogP contribution in [0.5, 0.6) is 0 Å². The Hall–Kier alpha value is -2.69. The molecule has 0 aliphatic heterocycles. The first-order valence-electron chi connectivity index (χ1n) is 6.34. The zero-order valence-electron chi connectivity index (χ0n) is 11.4. The fourth-order valence-corrected chi connectivity index (χ4v) is 2.25. The number of rotatable bonds is 2. The van der Waals surface area contributed by atoms with Crippen LogP contribution in [0.4, 0.5) is 5.82 Å². The van der Waals surface area contributed by atoms with E-state index in [9.17, 15) is 0 Å². The molecule has 3 rings (SSSR count). The Morgan fingerprint density at radius 2 is 2.00 bits per heavy atom. The number of anilines is 1. The van der Waals surface area contributed by atoms with E-state index in [2.05, 4.69) is 15.0 Å². The second-order valence-electron chi connectivity index (χ2n) is 4.64. The van der Waals surface area contributed by atoms with Gasteiger partial charge in [-0.05, 0) is 38.1 Å². The zero-order valence-corrected chi connectivity index (χ0v) is 11.4. The highest BCUT2D eigenvalue weighted by atomic mass is 15.1. The van der Waals surface area contributed by atoms with Crippen LogP contribution in [-0.4, -0.2) is 19.5 Å². The molecule has 0 aliphatic rings. The second kappa shape index (κ2) is 4.77. The summed E-state index contributed by atoms with van der Waals surface area (Å²) in [6.07, 6.45) is 5.23. The minimum atomic E-state index is 0.493. The molecule has 0 bridgehead atoms. The molecule has 3 heterocycles. The minimum Gasteiger partial charge on any atom is -0.383 e. The summed E-state index contributed by atoms with van der Waals surface area (Å²) in [5.74, 6) is 0.493. The molecule has 5 heteroatoms. The molecule has 0 atom stereocenters. The molecule has 0 aromatic carbocycles. The number of hydrogen-bond donors (Lipinski definition) is 1. The predicted octanol–water partition coefficient (Wildman–Crippen LogP) is 2.53. The molecular formula is C15H15N5. The normalized spacial score (nSPS) is 10.7. The summed E-state index contributed by atoms with van der Waals surface area (Å²) in [7, 11) is 0. The number of nitrogen functional groups attached to an aromatic ring is 1. The van der Waals surface area contributed by atoms with Crippen molar-refractivity contribution < 1.29 is 0 Å². The van der Waals surface area contributed by atoms with Crippen LogP contribution >= 0.6 is 0 Å². The summed E-state index contributed by atoms with van der Waals surface area (Å²) in [4.78, 5) is 12.9. The topological polar surface area (TPSA) is 69.6 Å². The van der Waals surface area contributed by atoms with E-state index < -0.39 is 0 Å². The van der Waals surface area contributed by atoms with Gasteiger partial charge in [0.05, 0.1) is 29.6 Å². The van der Waals surface area contributed by atoms with Crippen LogP contribution in [0.15, 0.2) is 43.0 Å². The largest absolute Gasteiger partial charge is 0.383 e. The summed E-state index contributed by atoms with van der Waals surface area (Å²) >= 11 is 0. The quantitative estimate of drug-likeness (QED) is 0.773. The second-order valence-corrected chi connectivity index (χ2v) is 4.64. The fraction of sp³-hybridized carbons (Fsp3) is 0.133. The lowest BCUT2D eigenvalue weighted by Gasteiger charge is -2.12. The highest BCUT2D eigenvalue weighted by Gasteiger charge is 2.12. The van der Waals surface area contributed by atoms with Crippen LogP contribution in [0.3, 0.4) is 0 Å². The van der Waals surface area contributed by atoms with Crippen molar-refractivity contribution in [2.45, 2.75) is 13.8 Å². The van der Waals surface area contributed by atoms with E-state index in [1.165, 1.54) is 0 Å². The molecule has 3 aromatic rings. The molecule has 100 valence electrons. The molecule has 0 radical (unpaired) electrons. The van der Waals surface area contributed by atoms with Gasteiger partial charge in [0.15, 0.2) is 0 Å². The van der Waals surface area contributed by atoms with E-state index in [-0.39, 0.29) is 0 Å². The number of pyridine rings is 2. The van der Waals surface area contributed by atoms with Gasteiger partial charge in [0, 0.05) is 17.5 Å². The van der Waals surface area contributed by atoms with Crippen LogP contribution < -0.4 is 5.73 Å². The lowest BCUT2D eigenvalue weighted by molar-refractivity contribution is 0.996. The monoisotopic (exact) mass is 265 g/mol. The van der Waals surface area contributed by atoms with Crippen LogP contribution in [0, 0.1) is 13.8 Å². The van der Waals surface area contributed by atoms with Gasteiger partial charge >= 0.3 is 0 Å². The molecule has 5 nitrogen and oxygen atoms in total. The molecule has 0 amide bonds. The standard InChI is InChI=1S/C15H15N5/c1-10-5-6-13(11(2)19-10)20-9-17-8-14(20)12-4-3-7-18-15(12)16/h3-9H,1-2H3,(H2,16,18). The van der Waals surface area contributed by atoms with Crippen molar-refractivity contribution in [3.05, 3.63) is 54.4 Å². The van der Waals surface area contributed by atoms with Crippen LogP contribution in [-0.2, 0) is 0 Å². The molecule has 0 unspecified atom stereocenters. The molecule has 0 saturated heterocycles. The van der Waals surface area contributed by atoms with Gasteiger partial charge in [0.2, 0.25) is 0 Å². The smallest absolute Gasteiger partial charge is 0.132 e. The average Bonchev–Trinajstić information content (AvgIpc) is 2.88. The van der Waals surface area contributed by atoms with Crippen molar-refractivity contribution in [3.63, 3.8) is 0 Å². The van der Waals surface area contributed by atoms with Gasteiger partial charge in [-0.3, -0.25) is 9.55 Å². The van der Waals surface area contributed by atoms with Gasteiger partial charge in [0.1, 0.15) is 5.82 Å². The lowest BCUT2D eigenvalue weighted by atomic mass is 10.2. The maximum absolute atomic E-state index is 5.95. The highest BCUT2D eigenvalue weighted by Crippen LogP contribution is 2.27. The van der Waals surface area contributed by atoms with Gasteiger partial charge < -0.3 is 5.73 Å². The maximum atomic E-state index is 5.95. The van der Waals surface area contributed by atoms with E-state index in [4.69, 9.17) is 5.73 Å². The third kappa shape index (κ3) is 2.03. The fourth-order valence-electron chi connectivity index (χ4n) is 2.25. The molecule has 0 saturated carbocycles. The number of aryl methyl sites for hydroxylation is 2. The summed E-state index contributed by atoms with van der Waals surface area (Å²) in [6.45, 7) is 3.96. The maximum Gasteiger partial charge on any atom is 0.132 e. The van der Waals surface area contributed by atoms with Crippen molar-refractivity contribution in [1.29, 1.82) is 0 Å². The Labute approximate surface area is 117 Å². The van der Waals surface area contributed by atoms with Crippen molar-refractivity contribution >= 4 is 5.82 Å². The predicted molar refractivity (Wildman–Crippen MR) is 78.5 cm³/mol. The van der Waals surface area contributed by atoms with Gasteiger partial charge in [-0.1, -0.05) is 0 Å². The third-order valence-corrected chi connectivity index (χ3v) is 3.21. The summed E-state index contributed by atoms with van der Waals surface area (Å²) in [6, 6.07) is 7.82. The number of hydrogen-bond acceptors (Lipinski definition) is 4. The third-order valence-electron chi connectivity index (χ3n) is 3.21. The molecule has 2 N–H and O–H groups in total. The van der Waals surface area contributed by atoms with Gasteiger partial charge in [-0.2, -0.15) is 0 Å². The minimum absolute atomic E-state index is 0.493. The number of imidazole rings is 1. The van der Waals surface area contributed by atoms with Crippen molar-refractivity contribution in [2.24, 2.45) is 0 Å². The van der Waals surface area contributed by atoms with Crippen molar-refractivity contribution in [3.8, 4) is 16.9 Å². The summed E-state index contributed by atoms with van der Waals surface area (Å²) < 4.78 is 1.98. The van der Waals surface area contributed by atoms with Gasteiger partial charge in [-0.25, -0.2) is 9.97 Å². The van der Waals surface area contributed by atoms with Crippen LogP contribution in [0.1, 0.15) is 11.4 Å². The van der Waals surface area contributed by atoms with Crippen molar-refractivity contribution in [1.82, 2.24) is 19.5 Å². The SMILES string of the molecule is Cc1ccc(-n2cncc2-c2cccnc2N)c(C)n1. The van der Waals surface area contributed by atoms with E-state index >= 15 is 0 Å². The van der Waals surface area contributed by atoms with Crippen LogP contribution in [0.2, 0.25) is 0 Å². The first-order valence-corrected chi connectivity index (χ1v) is 6.34. The van der Waals surface area contributed by atoms with E-state index in [1.807, 2.05) is 42.7 Å². The van der Waals surface area contributed by atoms with Gasteiger partial charge in [0.25, 0.3) is 0 Å². The highest BCUT2D eigenvalue weighted by molar-refractivity contribution is 5.72. The Bertz CT molecular complexity index is 760. The number of nitrogens with two attached hydrogens (primary N) is 1. The number of nitrogens with zero attached hydrogens (tertiary/aromatic N) is 4. The first-order chi connectivity index (χ1) is 9.66. The van der Waals surface area contributed by atoms with E-state index in [0.29, 0.717) is 5.82 Å². The molecule has 0 spiro atoms. The van der Waals surface area contributed by atoms with E-state index in [1.54, 1.807) is 18.7 Å². The first kappa shape index (κ1) is 12.3. The molecule has 0 aliphatic carbocycles. The number of aromatic nitrogens is 4. The molecular weight excluding hydrogens is 250 g/mol. The van der Waals surface area contributed by atoms with Crippen LogP contribution in [0.25, 0.3) is 16.9 Å². The lowest BCUT2D eigenvalue weighted by Crippen LogP contribution is -2.02. The van der Waals surface area contributed by atoms with Crippen molar-refractivity contribution in [2.75, 3.05) is 5.73 Å². The average molecular weight is 265 g/mol. The summed E-state index contributed by atoms with van der Waals surface area (Å²) in [5.41, 5.74) is 10.7. The Morgan fingerprint density at radius 3 is 2.75 bits per heavy atom. The summed E-state index contributed by atoms with van der Waals surface area (Å²) in [5, 5.41) is 0. The zero-order chi connectivity index (χ0) is 14.1. The Balaban J connectivity index is 2.18. The molecule has 3 aromatic heterocycles. The Morgan fingerprint density at radius 1 is 1.15 bits per heavy atom. The molecule has 0 fully saturated rings. The Kier molecular flexibility index (Phi) is 2.95.